The van der Waals surface area contributed by atoms with E-state index in [2.05, 4.69) is 5.32 Å². The van der Waals surface area contributed by atoms with Crippen LogP contribution in [0.3, 0.4) is 0 Å². The number of nitrogens with zero attached hydrogens (tertiary/aromatic N) is 3. The Kier molecular flexibility index (Phi) is 3.78. The van der Waals surface area contributed by atoms with Crippen LogP contribution in [0.15, 0.2) is 18.2 Å². The quantitative estimate of drug-likeness (QED) is 0.757. The lowest BCUT2D eigenvalue weighted by atomic mass is 9.74. The average Bonchev–Trinajstić information content (AvgIpc) is 2.56. The third-order valence-corrected chi connectivity index (χ3v) is 4.81. The number of urea groups is 1. The van der Waals surface area contributed by atoms with Crippen molar-refractivity contribution in [1.82, 2.24) is 9.80 Å². The first-order chi connectivity index (χ1) is 11.7. The molecule has 0 atom stereocenters. The molecule has 0 aliphatic carbocycles. The fraction of sp³-hybridized carbons (Fsp3) is 0.412. The fourth-order valence-electron chi connectivity index (χ4n) is 3.67. The van der Waals surface area contributed by atoms with Gasteiger partial charge in [0.05, 0.1) is 0 Å². The summed E-state index contributed by atoms with van der Waals surface area (Å²) in [6, 6.07) is 4.77. The van der Waals surface area contributed by atoms with E-state index >= 15 is 0 Å². The minimum atomic E-state index is -1.34. The van der Waals surface area contributed by atoms with Gasteiger partial charge in [-0.05, 0) is 30.2 Å². The smallest absolute Gasteiger partial charge is 0.332 e. The summed E-state index contributed by atoms with van der Waals surface area (Å²) in [5.74, 6) is -1.19. The van der Waals surface area contributed by atoms with Gasteiger partial charge in [0.15, 0.2) is 5.41 Å². The zero-order valence-corrected chi connectivity index (χ0v) is 14.6. The van der Waals surface area contributed by atoms with Gasteiger partial charge in [-0.15, -0.1) is 0 Å². The molecule has 132 valence electrons. The van der Waals surface area contributed by atoms with Crippen molar-refractivity contribution in [2.45, 2.75) is 13.3 Å². The van der Waals surface area contributed by atoms with Gasteiger partial charge in [0.25, 0.3) is 0 Å². The number of carbonyl (C=O) groups is 4. The van der Waals surface area contributed by atoms with Crippen molar-refractivity contribution < 1.29 is 19.2 Å². The van der Waals surface area contributed by atoms with E-state index in [1.165, 1.54) is 21.0 Å². The van der Waals surface area contributed by atoms with Crippen LogP contribution in [0.4, 0.5) is 16.2 Å². The highest BCUT2D eigenvalue weighted by Crippen LogP contribution is 2.41. The number of fused-ring (bicyclic) bond motifs is 1. The predicted molar refractivity (Wildman–Crippen MR) is 91.1 cm³/mol. The zero-order chi connectivity index (χ0) is 18.5. The lowest BCUT2D eigenvalue weighted by Gasteiger charge is -2.46. The minimum Gasteiger partial charge on any atom is -0.373 e. The Morgan fingerprint density at radius 3 is 2.24 bits per heavy atom. The molecule has 1 aromatic carbocycles. The van der Waals surface area contributed by atoms with Crippen LogP contribution < -0.4 is 10.2 Å². The number of barbiturate groups is 1. The zero-order valence-electron chi connectivity index (χ0n) is 14.6. The first kappa shape index (κ1) is 16.9. The molecule has 0 bridgehead atoms. The second-order valence-corrected chi connectivity index (χ2v) is 6.65. The molecule has 8 heteroatoms. The van der Waals surface area contributed by atoms with Crippen molar-refractivity contribution in [2.75, 3.05) is 37.9 Å². The van der Waals surface area contributed by atoms with Crippen LogP contribution >= 0.6 is 0 Å². The number of carbonyl (C=O) groups excluding carboxylic acids is 4. The number of hydrogen-bond donors (Lipinski definition) is 1. The fourth-order valence-corrected chi connectivity index (χ4v) is 3.67. The lowest BCUT2D eigenvalue weighted by Crippen LogP contribution is -2.67. The molecule has 5 amide bonds. The molecule has 2 heterocycles. The summed E-state index contributed by atoms with van der Waals surface area (Å²) in [4.78, 5) is 52.8. The minimum absolute atomic E-state index is 0.180. The van der Waals surface area contributed by atoms with Crippen molar-refractivity contribution in [3.05, 3.63) is 23.8 Å². The van der Waals surface area contributed by atoms with Crippen molar-refractivity contribution in [1.29, 1.82) is 0 Å². The van der Waals surface area contributed by atoms with Crippen LogP contribution in [0, 0.1) is 5.41 Å². The van der Waals surface area contributed by atoms with Gasteiger partial charge in [-0.1, -0.05) is 0 Å². The van der Waals surface area contributed by atoms with Crippen LogP contribution in [0.5, 0.6) is 0 Å². The van der Waals surface area contributed by atoms with Gasteiger partial charge in [-0.25, -0.2) is 4.79 Å². The van der Waals surface area contributed by atoms with Crippen LogP contribution in [0.25, 0.3) is 0 Å². The Bertz CT molecular complexity index is 780. The Balaban J connectivity index is 2.07. The SMILES string of the molecule is CC(=O)Nc1ccc2c(c1)CC1(CN2C)C(=O)N(C)C(=O)N(C)C1=O. The van der Waals surface area contributed by atoms with Gasteiger partial charge < -0.3 is 10.2 Å². The monoisotopic (exact) mass is 344 g/mol. The molecule has 2 aliphatic rings. The molecule has 1 saturated heterocycles. The van der Waals surface area contributed by atoms with Crippen molar-refractivity contribution >= 4 is 35.1 Å². The molecule has 3 rings (SSSR count). The molecule has 1 aromatic rings. The maximum atomic E-state index is 12.8. The number of rotatable bonds is 1. The highest BCUT2D eigenvalue weighted by Gasteiger charge is 2.57. The number of amides is 5. The summed E-state index contributed by atoms with van der Waals surface area (Å²) in [6.07, 6.45) is 0.180. The van der Waals surface area contributed by atoms with E-state index < -0.39 is 23.3 Å². The average molecular weight is 344 g/mol. The maximum absolute atomic E-state index is 12.8. The van der Waals surface area contributed by atoms with E-state index in [4.69, 9.17) is 0 Å². The highest BCUT2D eigenvalue weighted by atomic mass is 16.2. The van der Waals surface area contributed by atoms with Crippen molar-refractivity contribution in [2.24, 2.45) is 5.41 Å². The summed E-state index contributed by atoms with van der Waals surface area (Å²) in [5, 5.41) is 2.71. The Labute approximate surface area is 145 Å². The second kappa shape index (κ2) is 5.58. The van der Waals surface area contributed by atoms with E-state index in [1.54, 1.807) is 19.2 Å². The van der Waals surface area contributed by atoms with E-state index in [9.17, 15) is 19.2 Å². The second-order valence-electron chi connectivity index (χ2n) is 6.65. The predicted octanol–water partition coefficient (Wildman–Crippen LogP) is 0.674. The molecular weight excluding hydrogens is 324 g/mol. The van der Waals surface area contributed by atoms with Gasteiger partial charge in [-0.3, -0.25) is 24.2 Å². The summed E-state index contributed by atoms with van der Waals surface area (Å²) >= 11 is 0. The summed E-state index contributed by atoms with van der Waals surface area (Å²) in [6.45, 7) is 1.61. The Hall–Kier alpha value is -2.90. The topological polar surface area (TPSA) is 90.0 Å². The number of hydrogen-bond acceptors (Lipinski definition) is 5. The molecule has 8 nitrogen and oxygen atoms in total. The van der Waals surface area contributed by atoms with Crippen molar-refractivity contribution in [3.63, 3.8) is 0 Å². The van der Waals surface area contributed by atoms with E-state index in [-0.39, 0.29) is 18.9 Å². The molecule has 1 fully saturated rings. The molecule has 1 N–H and O–H groups in total. The van der Waals surface area contributed by atoms with Gasteiger partial charge in [0, 0.05) is 46.0 Å². The maximum Gasteiger partial charge on any atom is 0.332 e. The largest absolute Gasteiger partial charge is 0.373 e. The van der Waals surface area contributed by atoms with Crippen LogP contribution in [0.1, 0.15) is 12.5 Å². The molecule has 0 saturated carbocycles. The normalized spacial score (nSPS) is 19.4. The third kappa shape index (κ3) is 2.45. The van der Waals surface area contributed by atoms with Gasteiger partial charge in [-0.2, -0.15) is 0 Å². The summed E-state index contributed by atoms with van der Waals surface area (Å²) in [5.41, 5.74) is 0.930. The Morgan fingerprint density at radius 2 is 1.68 bits per heavy atom. The standard InChI is InChI=1S/C17H20N4O4/c1-10(22)18-12-5-6-13-11(7-12)8-17(9-19(13)2)14(23)20(3)16(25)21(4)15(17)24/h5-7H,8-9H2,1-4H3,(H,18,22). The highest BCUT2D eigenvalue weighted by molar-refractivity contribution is 6.19. The number of benzene rings is 1. The van der Waals surface area contributed by atoms with Crippen LogP contribution in [-0.2, 0) is 20.8 Å². The van der Waals surface area contributed by atoms with E-state index in [0.29, 0.717) is 5.69 Å². The molecule has 1 spiro atoms. The number of imide groups is 2. The van der Waals surface area contributed by atoms with Crippen LogP contribution in [0.2, 0.25) is 0 Å². The molecule has 25 heavy (non-hydrogen) atoms. The summed E-state index contributed by atoms with van der Waals surface area (Å²) in [7, 11) is 4.58. The first-order valence-electron chi connectivity index (χ1n) is 7.89. The van der Waals surface area contributed by atoms with E-state index in [1.807, 2.05) is 11.0 Å². The third-order valence-electron chi connectivity index (χ3n) is 4.81. The number of nitrogens with one attached hydrogen (secondary N) is 1. The molecule has 2 aliphatic heterocycles. The molecular formula is C17H20N4O4. The lowest BCUT2D eigenvalue weighted by molar-refractivity contribution is -0.156. The van der Waals surface area contributed by atoms with Crippen molar-refractivity contribution in [3.8, 4) is 0 Å². The van der Waals surface area contributed by atoms with E-state index in [0.717, 1.165) is 21.1 Å². The summed E-state index contributed by atoms with van der Waals surface area (Å²) < 4.78 is 0. The van der Waals surface area contributed by atoms with Gasteiger partial charge in [0.1, 0.15) is 0 Å². The molecule has 0 radical (unpaired) electrons. The molecule has 0 unspecified atom stereocenters. The first-order valence-corrected chi connectivity index (χ1v) is 7.89. The van der Waals surface area contributed by atoms with Crippen LogP contribution in [-0.4, -0.2) is 61.2 Å². The molecule has 0 aromatic heterocycles. The van der Waals surface area contributed by atoms with Gasteiger partial charge in [0.2, 0.25) is 17.7 Å². The van der Waals surface area contributed by atoms with Gasteiger partial charge >= 0.3 is 6.03 Å². The number of anilines is 2. The Morgan fingerprint density at radius 1 is 1.08 bits per heavy atom.